The lowest BCUT2D eigenvalue weighted by Gasteiger charge is -2.22. The number of hydrogen-bond donors (Lipinski definition) is 4. The quantitative estimate of drug-likeness (QED) is 0.237. The van der Waals surface area contributed by atoms with Gasteiger partial charge in [-0.1, -0.05) is 0 Å². The van der Waals surface area contributed by atoms with E-state index in [1.165, 1.54) is 9.58 Å². The highest BCUT2D eigenvalue weighted by atomic mass is 19.1. The third-order valence-corrected chi connectivity index (χ3v) is 7.71. The molecule has 0 saturated carbocycles. The van der Waals surface area contributed by atoms with Gasteiger partial charge in [-0.25, -0.2) is 4.39 Å². The molecule has 2 atom stereocenters. The van der Waals surface area contributed by atoms with Gasteiger partial charge in [0.05, 0.1) is 24.3 Å². The molecule has 1 saturated heterocycles. The zero-order valence-electron chi connectivity index (χ0n) is 22.4. The van der Waals surface area contributed by atoms with Gasteiger partial charge in [-0.3, -0.25) is 14.4 Å². The van der Waals surface area contributed by atoms with Crippen LogP contribution in [-0.2, 0) is 16.1 Å². The number of aryl methyl sites for hydroxylation is 2. The van der Waals surface area contributed by atoms with Crippen molar-refractivity contribution in [2.24, 2.45) is 5.73 Å². The molecule has 41 heavy (non-hydrogen) atoms. The molecule has 3 amide bonds. The molecule has 2 unspecified atom stereocenters. The van der Waals surface area contributed by atoms with Crippen LogP contribution in [0.3, 0.4) is 0 Å². The molecular weight excluding hydrogens is 527 g/mol. The minimum absolute atomic E-state index is 0.103. The highest BCUT2D eigenvalue weighted by Gasteiger charge is 2.41. The van der Waals surface area contributed by atoms with Gasteiger partial charge in [0.1, 0.15) is 12.2 Å². The van der Waals surface area contributed by atoms with E-state index in [-0.39, 0.29) is 25.2 Å². The number of carbonyl (C=O) groups excluding carboxylic acids is 3. The van der Waals surface area contributed by atoms with Crippen molar-refractivity contribution in [1.29, 1.82) is 0 Å². The normalized spacial score (nSPS) is 16.9. The number of anilines is 1. The number of primary amides is 1. The second-order valence-corrected chi connectivity index (χ2v) is 10.3. The fourth-order valence-corrected chi connectivity index (χ4v) is 5.48. The maximum absolute atomic E-state index is 14.6. The van der Waals surface area contributed by atoms with Crippen molar-refractivity contribution in [2.45, 2.75) is 39.0 Å². The van der Waals surface area contributed by atoms with E-state index in [2.05, 4.69) is 25.6 Å². The number of amides is 3. The van der Waals surface area contributed by atoms with Crippen molar-refractivity contribution >= 4 is 45.2 Å². The maximum atomic E-state index is 14.6. The summed E-state index contributed by atoms with van der Waals surface area (Å²) in [6.45, 7) is 3.52. The minimum Gasteiger partial charge on any atom is -0.364 e. The topological polar surface area (TPSA) is 154 Å². The van der Waals surface area contributed by atoms with E-state index in [9.17, 15) is 18.8 Å². The first-order chi connectivity index (χ1) is 19.7. The number of aromatic amines is 2. The average molecular weight is 556 g/mol. The molecule has 6 rings (SSSR count). The van der Waals surface area contributed by atoms with Crippen LogP contribution >= 0.6 is 0 Å². The molecule has 208 valence electrons. The summed E-state index contributed by atoms with van der Waals surface area (Å²) < 4.78 is 16.1. The number of likely N-dealkylation sites (tertiary alicyclic amines) is 1. The zero-order chi connectivity index (χ0) is 28.8. The molecule has 12 heteroatoms. The molecule has 5 aromatic rings. The first-order valence-corrected chi connectivity index (χ1v) is 13.2. The minimum atomic E-state index is -1.34. The number of alkyl halides is 1. The fourth-order valence-electron chi connectivity index (χ4n) is 5.48. The standard InChI is InChI=1S/C29H27FN8O3/c1-15-16(2)34-23-5-4-20(11-21(15)23)35-29(41)25-10-19(30)13-37(25)26(39)14-38-24-6-3-17(18-7-8-32-33-12-18)9-22(24)27(36-38)28(31)40/h3-9,11-12,19,25H,10,13-14H2,1-2H3,(H4,31,32,33,34,35,36,40,41)/p+1. The summed E-state index contributed by atoms with van der Waals surface area (Å²) in [7, 11) is 0. The summed E-state index contributed by atoms with van der Waals surface area (Å²) in [5, 5.41) is 14.9. The van der Waals surface area contributed by atoms with Crippen molar-refractivity contribution in [2.75, 3.05) is 11.9 Å². The Labute approximate surface area is 233 Å². The summed E-state index contributed by atoms with van der Waals surface area (Å²) in [5.41, 5.74) is 11.5. The van der Waals surface area contributed by atoms with Gasteiger partial charge in [0, 0.05) is 40.3 Å². The van der Waals surface area contributed by atoms with E-state index >= 15 is 0 Å². The maximum Gasteiger partial charge on any atom is 0.291 e. The van der Waals surface area contributed by atoms with Crippen molar-refractivity contribution in [3.05, 3.63) is 71.8 Å². The molecule has 2 aromatic carbocycles. The third kappa shape index (κ3) is 4.77. The Morgan fingerprint density at radius 1 is 1.10 bits per heavy atom. The van der Waals surface area contributed by atoms with Crippen LogP contribution in [-0.4, -0.2) is 61.7 Å². The van der Waals surface area contributed by atoms with Gasteiger partial charge in [0.25, 0.3) is 11.8 Å². The van der Waals surface area contributed by atoms with Crippen LogP contribution in [0.15, 0.2) is 54.9 Å². The molecule has 3 aromatic heterocycles. The number of nitrogens with one attached hydrogen (secondary N) is 3. The number of hydrogen-bond acceptors (Lipinski definition) is 5. The Balaban J connectivity index is 1.25. The third-order valence-electron chi connectivity index (χ3n) is 7.71. The largest absolute Gasteiger partial charge is 0.364 e. The van der Waals surface area contributed by atoms with E-state index in [1.54, 1.807) is 36.7 Å². The number of nitrogens with zero attached hydrogens (tertiary/aromatic N) is 4. The van der Waals surface area contributed by atoms with Crippen molar-refractivity contribution < 1.29 is 23.5 Å². The smallest absolute Gasteiger partial charge is 0.291 e. The first-order valence-electron chi connectivity index (χ1n) is 13.2. The van der Waals surface area contributed by atoms with Crippen LogP contribution in [0.25, 0.3) is 32.9 Å². The van der Waals surface area contributed by atoms with Crippen molar-refractivity contribution in [1.82, 2.24) is 25.2 Å². The molecule has 4 heterocycles. The van der Waals surface area contributed by atoms with E-state index in [0.717, 1.165) is 33.3 Å². The van der Waals surface area contributed by atoms with E-state index in [1.807, 2.05) is 32.0 Å². The molecule has 0 radical (unpaired) electrons. The van der Waals surface area contributed by atoms with Gasteiger partial charge >= 0.3 is 0 Å². The second kappa shape index (κ2) is 10.1. The fraction of sp³-hybridized carbons (Fsp3) is 0.241. The van der Waals surface area contributed by atoms with Gasteiger partial charge in [-0.2, -0.15) is 15.3 Å². The Kier molecular flexibility index (Phi) is 6.45. The Hall–Kier alpha value is -5.13. The molecular formula is C29H28FN8O3+. The molecule has 0 aliphatic carbocycles. The summed E-state index contributed by atoms with van der Waals surface area (Å²) in [6, 6.07) is 11.7. The Bertz CT molecular complexity index is 1830. The number of halogens is 1. The van der Waals surface area contributed by atoms with Gasteiger partial charge in [-0.05, 0) is 61.4 Å². The van der Waals surface area contributed by atoms with Gasteiger partial charge in [-0.15, -0.1) is 4.68 Å². The molecule has 1 aliphatic heterocycles. The van der Waals surface area contributed by atoms with Crippen LogP contribution in [0.2, 0.25) is 0 Å². The molecule has 0 spiro atoms. The zero-order valence-corrected chi connectivity index (χ0v) is 22.4. The van der Waals surface area contributed by atoms with Gasteiger partial charge < -0.3 is 20.9 Å². The van der Waals surface area contributed by atoms with E-state index < -0.39 is 29.9 Å². The van der Waals surface area contributed by atoms with Crippen LogP contribution in [0.5, 0.6) is 0 Å². The number of rotatable bonds is 6. The molecule has 11 nitrogen and oxygen atoms in total. The number of aromatic nitrogens is 5. The number of nitrogens with two attached hydrogens (primary N) is 1. The summed E-state index contributed by atoms with van der Waals surface area (Å²) in [5.74, 6) is -1.62. The van der Waals surface area contributed by atoms with Crippen LogP contribution in [0, 0.1) is 13.8 Å². The number of fused-ring (bicyclic) bond motifs is 2. The lowest BCUT2D eigenvalue weighted by atomic mass is 10.0. The Morgan fingerprint density at radius 3 is 2.68 bits per heavy atom. The molecule has 5 N–H and O–H groups in total. The van der Waals surface area contributed by atoms with Crippen LogP contribution < -0.4 is 15.7 Å². The molecule has 1 fully saturated rings. The first kappa shape index (κ1) is 26.1. The monoisotopic (exact) mass is 555 g/mol. The number of benzene rings is 2. The van der Waals surface area contributed by atoms with E-state index in [0.29, 0.717) is 16.6 Å². The Morgan fingerprint density at radius 2 is 1.93 bits per heavy atom. The van der Waals surface area contributed by atoms with Crippen molar-refractivity contribution in [3.63, 3.8) is 0 Å². The predicted octanol–water partition coefficient (Wildman–Crippen LogP) is 2.69. The number of H-pyrrole nitrogens is 2. The highest BCUT2D eigenvalue weighted by Crippen LogP contribution is 2.27. The van der Waals surface area contributed by atoms with Gasteiger partial charge in [0.2, 0.25) is 18.0 Å². The van der Waals surface area contributed by atoms with Crippen molar-refractivity contribution in [3.8, 4) is 11.1 Å². The SMILES string of the molecule is Cc1[nH]c2ccc(NC(=O)C3CC(F)CN3C(=O)C[n+]3[nH]c(C(N)=O)c4cc(-c5ccnnc5)ccc43)cc2c1C. The molecule has 0 bridgehead atoms. The van der Waals surface area contributed by atoms with Crippen LogP contribution in [0.4, 0.5) is 10.1 Å². The predicted molar refractivity (Wildman–Crippen MR) is 149 cm³/mol. The van der Waals surface area contributed by atoms with Gasteiger partial charge in [0.15, 0.2) is 5.69 Å². The van der Waals surface area contributed by atoms with E-state index in [4.69, 9.17) is 5.73 Å². The second-order valence-electron chi connectivity index (χ2n) is 10.3. The summed E-state index contributed by atoms with van der Waals surface area (Å²) >= 11 is 0. The summed E-state index contributed by atoms with van der Waals surface area (Å²) in [4.78, 5) is 43.5. The lowest BCUT2D eigenvalue weighted by molar-refractivity contribution is -0.715. The lowest BCUT2D eigenvalue weighted by Crippen LogP contribution is -2.50. The highest BCUT2D eigenvalue weighted by molar-refractivity contribution is 6.04. The number of carbonyl (C=O) groups is 3. The summed E-state index contributed by atoms with van der Waals surface area (Å²) in [6.07, 6.45) is 1.72. The molecule has 1 aliphatic rings. The van der Waals surface area contributed by atoms with Crippen LogP contribution in [0.1, 0.15) is 28.2 Å². The average Bonchev–Trinajstić information content (AvgIpc) is 3.62.